The zero-order valence-corrected chi connectivity index (χ0v) is 15.6. The first-order valence-electron chi connectivity index (χ1n) is 9.33. The van der Waals surface area contributed by atoms with Gasteiger partial charge in [0.15, 0.2) is 0 Å². The Kier molecular flexibility index (Phi) is 6.41. The molecule has 1 aromatic heterocycles. The highest BCUT2D eigenvalue weighted by molar-refractivity contribution is 5.92. The second kappa shape index (κ2) is 9.16. The van der Waals surface area contributed by atoms with Crippen LogP contribution in [0, 0.1) is 0 Å². The molecule has 1 saturated carbocycles. The third-order valence-electron chi connectivity index (χ3n) is 4.89. The van der Waals surface area contributed by atoms with Crippen LogP contribution in [0.1, 0.15) is 48.2 Å². The Hall–Kier alpha value is -2.89. The summed E-state index contributed by atoms with van der Waals surface area (Å²) in [6.45, 7) is 0.484. The fourth-order valence-electron chi connectivity index (χ4n) is 3.43. The van der Waals surface area contributed by atoms with Crippen LogP contribution in [0.2, 0.25) is 0 Å². The van der Waals surface area contributed by atoms with Crippen LogP contribution in [0.25, 0.3) is 0 Å². The first kappa shape index (κ1) is 18.9. The minimum Gasteiger partial charge on any atom is -0.465 e. The van der Waals surface area contributed by atoms with Crippen LogP contribution in [-0.4, -0.2) is 35.0 Å². The van der Waals surface area contributed by atoms with Crippen molar-refractivity contribution in [2.75, 3.05) is 12.4 Å². The topological polar surface area (TPSA) is 71.5 Å². The molecule has 0 aliphatic heterocycles. The van der Waals surface area contributed by atoms with Gasteiger partial charge in [0.05, 0.1) is 24.9 Å². The molecule has 1 N–H and O–H groups in total. The zero-order valence-electron chi connectivity index (χ0n) is 15.6. The van der Waals surface area contributed by atoms with Crippen LogP contribution >= 0.6 is 0 Å². The van der Waals surface area contributed by atoms with Gasteiger partial charge in [-0.1, -0.05) is 25.3 Å². The molecule has 0 unspecified atom stereocenters. The summed E-state index contributed by atoms with van der Waals surface area (Å²) in [5.74, 6) is -0.396. The van der Waals surface area contributed by atoms with Crippen LogP contribution in [0.5, 0.6) is 0 Å². The molecule has 142 valence electrons. The maximum absolute atomic E-state index is 13.0. The molecule has 0 spiro atoms. The normalized spacial score (nSPS) is 14.4. The van der Waals surface area contributed by atoms with Crippen molar-refractivity contribution in [3.8, 4) is 0 Å². The molecule has 2 aromatic rings. The number of anilines is 1. The molecule has 0 saturated heterocycles. The number of carbonyl (C=O) groups is 2. The van der Waals surface area contributed by atoms with E-state index in [9.17, 15) is 9.59 Å². The van der Waals surface area contributed by atoms with Gasteiger partial charge in [0.25, 0.3) is 0 Å². The van der Waals surface area contributed by atoms with E-state index < -0.39 is 5.97 Å². The van der Waals surface area contributed by atoms with Crippen molar-refractivity contribution >= 4 is 17.7 Å². The lowest BCUT2D eigenvalue weighted by molar-refractivity contribution is 0.0600. The summed E-state index contributed by atoms with van der Waals surface area (Å²) in [6, 6.07) is 12.5. The van der Waals surface area contributed by atoms with Crippen LogP contribution in [0.15, 0.2) is 48.7 Å². The van der Waals surface area contributed by atoms with E-state index in [0.29, 0.717) is 17.8 Å². The molecular weight excluding hydrogens is 342 g/mol. The largest absolute Gasteiger partial charge is 0.465 e. The molecule has 6 heteroatoms. The molecule has 0 atom stereocenters. The summed E-state index contributed by atoms with van der Waals surface area (Å²) < 4.78 is 4.70. The Morgan fingerprint density at radius 3 is 2.48 bits per heavy atom. The minimum absolute atomic E-state index is 0.140. The van der Waals surface area contributed by atoms with Gasteiger partial charge in [-0.05, 0) is 49.2 Å². The number of benzene rings is 1. The molecule has 3 rings (SSSR count). The standard InChI is InChI=1S/C21H25N3O3/c1-27-20(25)16-10-12-17(13-11-16)23-21(26)24(19-8-3-2-4-9-19)15-18-7-5-6-14-22-18/h5-7,10-14,19H,2-4,8-9,15H2,1H3,(H,23,26). The van der Waals surface area contributed by atoms with Crippen LogP contribution in [-0.2, 0) is 11.3 Å². The van der Waals surface area contributed by atoms with E-state index >= 15 is 0 Å². The number of nitrogens with one attached hydrogen (secondary N) is 1. The zero-order chi connectivity index (χ0) is 19.1. The van der Waals surface area contributed by atoms with Gasteiger partial charge >= 0.3 is 12.0 Å². The Morgan fingerprint density at radius 2 is 1.85 bits per heavy atom. The van der Waals surface area contributed by atoms with Crippen molar-refractivity contribution in [2.24, 2.45) is 0 Å². The van der Waals surface area contributed by atoms with E-state index in [4.69, 9.17) is 4.74 Å². The number of nitrogens with zero attached hydrogens (tertiary/aromatic N) is 2. The van der Waals surface area contributed by atoms with E-state index in [-0.39, 0.29) is 12.1 Å². The first-order valence-corrected chi connectivity index (χ1v) is 9.33. The molecule has 2 amide bonds. The lowest BCUT2D eigenvalue weighted by Crippen LogP contribution is -2.43. The number of esters is 1. The SMILES string of the molecule is COC(=O)c1ccc(NC(=O)N(Cc2ccccn2)C2CCCCC2)cc1. The third kappa shape index (κ3) is 5.06. The van der Waals surface area contributed by atoms with Gasteiger partial charge < -0.3 is 15.0 Å². The van der Waals surface area contributed by atoms with Gasteiger partial charge in [-0.25, -0.2) is 9.59 Å². The van der Waals surface area contributed by atoms with Crippen molar-refractivity contribution in [3.63, 3.8) is 0 Å². The summed E-state index contributed by atoms with van der Waals surface area (Å²) in [7, 11) is 1.34. The molecule has 1 aromatic carbocycles. The average Bonchev–Trinajstić information content (AvgIpc) is 2.73. The molecule has 27 heavy (non-hydrogen) atoms. The maximum atomic E-state index is 13.0. The second-order valence-electron chi connectivity index (χ2n) is 6.74. The number of ether oxygens (including phenoxy) is 1. The fraction of sp³-hybridized carbons (Fsp3) is 0.381. The number of pyridine rings is 1. The molecule has 6 nitrogen and oxygen atoms in total. The Labute approximate surface area is 159 Å². The highest BCUT2D eigenvalue weighted by atomic mass is 16.5. The average molecular weight is 367 g/mol. The van der Waals surface area contributed by atoms with Gasteiger partial charge in [0.1, 0.15) is 0 Å². The summed E-state index contributed by atoms with van der Waals surface area (Å²) in [5, 5.41) is 2.95. The van der Waals surface area contributed by atoms with Crippen molar-refractivity contribution in [1.29, 1.82) is 0 Å². The quantitative estimate of drug-likeness (QED) is 0.803. The molecular formula is C21H25N3O3. The number of urea groups is 1. The summed E-state index contributed by atoms with van der Waals surface area (Å²) >= 11 is 0. The number of hydrogen-bond donors (Lipinski definition) is 1. The monoisotopic (exact) mass is 367 g/mol. The molecule has 0 radical (unpaired) electrons. The van der Waals surface area contributed by atoms with Gasteiger partial charge in [0, 0.05) is 17.9 Å². The second-order valence-corrected chi connectivity index (χ2v) is 6.74. The Balaban J connectivity index is 1.72. The van der Waals surface area contributed by atoms with Gasteiger partial charge in [-0.15, -0.1) is 0 Å². The molecule has 0 bridgehead atoms. The van der Waals surface area contributed by atoms with E-state index in [0.717, 1.165) is 31.4 Å². The van der Waals surface area contributed by atoms with E-state index in [1.165, 1.54) is 13.5 Å². The molecule has 1 aliphatic rings. The van der Waals surface area contributed by atoms with Crippen molar-refractivity contribution in [2.45, 2.75) is 44.7 Å². The maximum Gasteiger partial charge on any atom is 0.337 e. The highest BCUT2D eigenvalue weighted by Crippen LogP contribution is 2.25. The predicted octanol–water partition coefficient (Wildman–Crippen LogP) is 4.24. The number of rotatable bonds is 5. The van der Waals surface area contributed by atoms with Gasteiger partial charge in [0.2, 0.25) is 0 Å². The number of carbonyl (C=O) groups excluding carboxylic acids is 2. The lowest BCUT2D eigenvalue weighted by atomic mass is 9.94. The summed E-state index contributed by atoms with van der Waals surface area (Å²) in [4.78, 5) is 30.8. The highest BCUT2D eigenvalue weighted by Gasteiger charge is 2.26. The third-order valence-corrected chi connectivity index (χ3v) is 4.89. The van der Waals surface area contributed by atoms with E-state index in [1.807, 2.05) is 23.1 Å². The molecule has 1 aliphatic carbocycles. The van der Waals surface area contributed by atoms with Crippen molar-refractivity contribution in [3.05, 3.63) is 59.9 Å². The van der Waals surface area contributed by atoms with Crippen molar-refractivity contribution in [1.82, 2.24) is 9.88 Å². The number of aromatic nitrogens is 1. The van der Waals surface area contributed by atoms with Gasteiger partial charge in [-0.2, -0.15) is 0 Å². The number of hydrogen-bond acceptors (Lipinski definition) is 4. The van der Waals surface area contributed by atoms with Gasteiger partial charge in [-0.3, -0.25) is 4.98 Å². The minimum atomic E-state index is -0.396. The number of methoxy groups -OCH3 is 1. The molecule has 1 heterocycles. The van der Waals surface area contributed by atoms with Crippen molar-refractivity contribution < 1.29 is 14.3 Å². The Bertz CT molecular complexity index is 756. The number of amides is 2. The first-order chi connectivity index (χ1) is 13.2. The predicted molar refractivity (Wildman–Crippen MR) is 103 cm³/mol. The van der Waals surface area contributed by atoms with E-state index in [2.05, 4.69) is 10.3 Å². The van der Waals surface area contributed by atoms with Crippen LogP contribution in [0.4, 0.5) is 10.5 Å². The van der Waals surface area contributed by atoms with Crippen LogP contribution < -0.4 is 5.32 Å². The fourth-order valence-corrected chi connectivity index (χ4v) is 3.43. The Morgan fingerprint density at radius 1 is 1.11 bits per heavy atom. The molecule has 1 fully saturated rings. The smallest absolute Gasteiger partial charge is 0.337 e. The lowest BCUT2D eigenvalue weighted by Gasteiger charge is -2.34. The summed E-state index contributed by atoms with van der Waals surface area (Å²) in [6.07, 6.45) is 7.29. The van der Waals surface area contributed by atoms with Crippen LogP contribution in [0.3, 0.4) is 0 Å². The van der Waals surface area contributed by atoms with E-state index in [1.54, 1.807) is 30.5 Å². The summed E-state index contributed by atoms with van der Waals surface area (Å²) in [5.41, 5.74) is 1.97.